The number of benzene rings is 4. The van der Waals surface area contributed by atoms with Crippen molar-refractivity contribution in [2.45, 2.75) is 0 Å². The van der Waals surface area contributed by atoms with E-state index in [9.17, 15) is 0 Å². The molecule has 4 nitrogen and oxygen atoms in total. The molecule has 0 N–H and O–H groups in total. The summed E-state index contributed by atoms with van der Waals surface area (Å²) in [7, 11) is 0. The molecule has 0 aliphatic rings. The van der Waals surface area contributed by atoms with Gasteiger partial charge in [0.1, 0.15) is 0 Å². The summed E-state index contributed by atoms with van der Waals surface area (Å²) in [4.78, 5) is 18.8. The predicted octanol–water partition coefficient (Wildman–Crippen LogP) is 9.27. The minimum absolute atomic E-state index is 0.717. The minimum Gasteiger partial charge on any atom is -0.255 e. The number of pyridine rings is 2. The molecule has 0 saturated carbocycles. The van der Waals surface area contributed by atoms with Crippen molar-refractivity contribution < 1.29 is 0 Å². The summed E-state index contributed by atoms with van der Waals surface area (Å²) in [6, 6.07) is 49.7. The Morgan fingerprint density at radius 1 is 0.286 bits per heavy atom. The van der Waals surface area contributed by atoms with Gasteiger partial charge in [-0.3, -0.25) is 9.97 Å². The molecule has 0 atom stereocenters. The monoisotopic (exact) mass is 538 g/mol. The van der Waals surface area contributed by atoms with E-state index in [0.29, 0.717) is 5.82 Å². The fraction of sp³-hybridized carbons (Fsp3) is 0. The smallest absolute Gasteiger partial charge is 0.160 e. The molecule has 3 heterocycles. The molecular weight excluding hydrogens is 512 g/mol. The third-order valence-corrected chi connectivity index (χ3v) is 7.25. The van der Waals surface area contributed by atoms with Gasteiger partial charge in [-0.1, -0.05) is 115 Å². The Bertz CT molecular complexity index is 1880. The number of nitrogens with zero attached hydrogens (tertiary/aromatic N) is 4. The lowest BCUT2D eigenvalue weighted by molar-refractivity contribution is 1.18. The van der Waals surface area contributed by atoms with Gasteiger partial charge >= 0.3 is 0 Å². The van der Waals surface area contributed by atoms with E-state index in [1.807, 2.05) is 79.0 Å². The summed E-state index contributed by atoms with van der Waals surface area (Å²) in [5.74, 6) is 0.717. The molecule has 4 heteroatoms. The molecule has 3 aromatic heterocycles. The van der Waals surface area contributed by atoms with Crippen molar-refractivity contribution in [1.82, 2.24) is 19.9 Å². The van der Waals surface area contributed by atoms with Crippen LogP contribution < -0.4 is 0 Å². The van der Waals surface area contributed by atoms with Crippen LogP contribution in [0.15, 0.2) is 158 Å². The first kappa shape index (κ1) is 25.2. The molecule has 0 amide bonds. The van der Waals surface area contributed by atoms with Crippen molar-refractivity contribution >= 4 is 0 Å². The summed E-state index contributed by atoms with van der Waals surface area (Å²) in [5.41, 5.74) is 11.2. The van der Waals surface area contributed by atoms with Gasteiger partial charge in [0.2, 0.25) is 0 Å². The topological polar surface area (TPSA) is 51.6 Å². The lowest BCUT2D eigenvalue weighted by Gasteiger charge is -2.10. The van der Waals surface area contributed by atoms with Gasteiger partial charge in [-0.05, 0) is 52.6 Å². The van der Waals surface area contributed by atoms with Gasteiger partial charge in [-0.15, -0.1) is 0 Å². The fourth-order valence-electron chi connectivity index (χ4n) is 5.02. The highest BCUT2D eigenvalue weighted by molar-refractivity contribution is 5.76. The van der Waals surface area contributed by atoms with Crippen molar-refractivity contribution in [2.75, 3.05) is 0 Å². The Hall–Kier alpha value is -5.74. The molecule has 0 spiro atoms. The third kappa shape index (κ3) is 5.34. The zero-order valence-corrected chi connectivity index (χ0v) is 22.8. The van der Waals surface area contributed by atoms with Crippen molar-refractivity contribution in [3.05, 3.63) is 158 Å². The average molecular weight is 539 g/mol. The van der Waals surface area contributed by atoms with E-state index >= 15 is 0 Å². The van der Waals surface area contributed by atoms with Gasteiger partial charge in [0.25, 0.3) is 0 Å². The van der Waals surface area contributed by atoms with Gasteiger partial charge in [-0.2, -0.15) is 0 Å². The predicted molar refractivity (Wildman–Crippen MR) is 170 cm³/mol. The highest BCUT2D eigenvalue weighted by atomic mass is 14.9. The summed E-state index contributed by atoms with van der Waals surface area (Å²) in [6.45, 7) is 0. The van der Waals surface area contributed by atoms with Gasteiger partial charge in [0.05, 0.1) is 22.8 Å². The lowest BCUT2D eigenvalue weighted by Crippen LogP contribution is -1.95. The second-order valence-corrected chi connectivity index (χ2v) is 9.99. The van der Waals surface area contributed by atoms with Crippen molar-refractivity contribution in [2.24, 2.45) is 0 Å². The number of hydrogen-bond donors (Lipinski definition) is 0. The fourth-order valence-corrected chi connectivity index (χ4v) is 5.02. The van der Waals surface area contributed by atoms with Gasteiger partial charge < -0.3 is 0 Å². The quantitative estimate of drug-likeness (QED) is 0.212. The Morgan fingerprint density at radius 3 is 1.38 bits per heavy atom. The summed E-state index contributed by atoms with van der Waals surface area (Å²) in [5, 5.41) is 0. The Kier molecular flexibility index (Phi) is 6.85. The van der Waals surface area contributed by atoms with E-state index in [1.165, 1.54) is 0 Å². The van der Waals surface area contributed by atoms with Crippen LogP contribution in [0.2, 0.25) is 0 Å². The van der Waals surface area contributed by atoms with Crippen LogP contribution in [0.5, 0.6) is 0 Å². The molecule has 0 unspecified atom stereocenters. The minimum atomic E-state index is 0.717. The number of aromatic nitrogens is 4. The molecular formula is C38H26N4. The number of rotatable bonds is 6. The maximum atomic E-state index is 4.96. The molecule has 0 radical (unpaired) electrons. The Balaban J connectivity index is 1.18. The molecule has 0 bridgehead atoms. The highest BCUT2D eigenvalue weighted by Gasteiger charge is 2.11. The lowest BCUT2D eigenvalue weighted by atomic mass is 9.98. The molecule has 0 fully saturated rings. The SMILES string of the molecule is c1ccc(-c2cc(-c3ccc(-c4ccc(-c5ccnc(-c6ccccn6)c5)cc4)cc3)nc(-c3ccccc3)n2)cc1. The zero-order chi connectivity index (χ0) is 28.1. The van der Waals surface area contributed by atoms with Crippen LogP contribution in [0.3, 0.4) is 0 Å². The van der Waals surface area contributed by atoms with Crippen LogP contribution >= 0.6 is 0 Å². The maximum Gasteiger partial charge on any atom is 0.160 e. The Morgan fingerprint density at radius 2 is 0.786 bits per heavy atom. The normalized spacial score (nSPS) is 10.9. The molecule has 0 aliphatic heterocycles. The standard InChI is InChI=1S/C38H26N4/c1-3-9-30(10-4-1)35-26-36(42-38(41-35)32-11-5-2-6-12-32)31-20-18-28(19-21-31)27-14-16-29(17-15-27)33-22-24-40-37(25-33)34-13-7-8-23-39-34/h1-26H. The second kappa shape index (κ2) is 11.4. The first-order valence-electron chi connectivity index (χ1n) is 13.9. The Labute approximate surface area is 245 Å². The molecule has 7 rings (SSSR count). The number of hydrogen-bond acceptors (Lipinski definition) is 4. The van der Waals surface area contributed by atoms with E-state index in [-0.39, 0.29) is 0 Å². The third-order valence-electron chi connectivity index (χ3n) is 7.25. The van der Waals surface area contributed by atoms with Gasteiger partial charge in [0, 0.05) is 29.1 Å². The first-order valence-corrected chi connectivity index (χ1v) is 13.9. The summed E-state index contributed by atoms with van der Waals surface area (Å²) < 4.78 is 0. The van der Waals surface area contributed by atoms with E-state index in [2.05, 4.69) is 82.8 Å². The molecule has 0 saturated heterocycles. The van der Waals surface area contributed by atoms with Gasteiger partial charge in [-0.25, -0.2) is 9.97 Å². The van der Waals surface area contributed by atoms with Crippen molar-refractivity contribution in [1.29, 1.82) is 0 Å². The maximum absolute atomic E-state index is 4.96. The van der Waals surface area contributed by atoms with Crippen molar-refractivity contribution in [3.8, 4) is 67.5 Å². The highest BCUT2D eigenvalue weighted by Crippen LogP contribution is 2.31. The zero-order valence-electron chi connectivity index (χ0n) is 22.8. The van der Waals surface area contributed by atoms with Crippen LogP contribution in [0.1, 0.15) is 0 Å². The molecule has 7 aromatic rings. The van der Waals surface area contributed by atoms with Crippen molar-refractivity contribution in [3.63, 3.8) is 0 Å². The summed E-state index contributed by atoms with van der Waals surface area (Å²) >= 11 is 0. The molecule has 42 heavy (non-hydrogen) atoms. The second-order valence-electron chi connectivity index (χ2n) is 9.99. The van der Waals surface area contributed by atoms with Crippen LogP contribution in [-0.4, -0.2) is 19.9 Å². The first-order chi connectivity index (χ1) is 20.8. The largest absolute Gasteiger partial charge is 0.255 e. The van der Waals surface area contributed by atoms with Crippen LogP contribution in [0, 0.1) is 0 Å². The average Bonchev–Trinajstić information content (AvgIpc) is 3.09. The van der Waals surface area contributed by atoms with E-state index in [1.54, 1.807) is 6.20 Å². The van der Waals surface area contributed by atoms with Crippen LogP contribution in [0.25, 0.3) is 67.5 Å². The van der Waals surface area contributed by atoms with Gasteiger partial charge in [0.15, 0.2) is 5.82 Å². The molecule has 198 valence electrons. The molecule has 0 aliphatic carbocycles. The van der Waals surface area contributed by atoms with Crippen LogP contribution in [0.4, 0.5) is 0 Å². The van der Waals surface area contributed by atoms with E-state index < -0.39 is 0 Å². The molecule has 4 aromatic carbocycles. The summed E-state index contributed by atoms with van der Waals surface area (Å²) in [6.07, 6.45) is 3.63. The van der Waals surface area contributed by atoms with Crippen LogP contribution in [-0.2, 0) is 0 Å². The van der Waals surface area contributed by atoms with E-state index in [4.69, 9.17) is 9.97 Å². The van der Waals surface area contributed by atoms with E-state index in [0.717, 1.165) is 61.7 Å².